The lowest BCUT2D eigenvalue weighted by molar-refractivity contribution is -0.582. The highest BCUT2D eigenvalue weighted by atomic mass is 16.5. The zero-order chi connectivity index (χ0) is 13.4. The number of morpholine rings is 1. The van der Waals surface area contributed by atoms with Crippen molar-refractivity contribution in [1.82, 2.24) is 10.1 Å². The molecule has 4 rings (SSSR count). The lowest BCUT2D eigenvalue weighted by atomic mass is 10.2. The fourth-order valence-corrected chi connectivity index (χ4v) is 2.59. The van der Waals surface area contributed by atoms with Crippen molar-refractivity contribution in [2.75, 3.05) is 31.2 Å². The quantitative estimate of drug-likeness (QED) is 0.491. The maximum atomic E-state index is 5.38. The summed E-state index contributed by atoms with van der Waals surface area (Å²) in [6.45, 7) is 3.25. The van der Waals surface area contributed by atoms with E-state index < -0.39 is 0 Å². The molecule has 0 spiro atoms. The van der Waals surface area contributed by atoms with Crippen LogP contribution in [-0.2, 0) is 4.74 Å². The molecule has 0 aliphatic carbocycles. The van der Waals surface area contributed by atoms with Gasteiger partial charge in [-0.3, -0.25) is 0 Å². The molecule has 1 fully saturated rings. The van der Waals surface area contributed by atoms with Crippen LogP contribution in [0.1, 0.15) is 0 Å². The topological polar surface area (TPSA) is 42.4 Å². The summed E-state index contributed by atoms with van der Waals surface area (Å²) < 4.78 is 7.21. The van der Waals surface area contributed by atoms with E-state index >= 15 is 0 Å². The van der Waals surface area contributed by atoms with E-state index in [0.717, 1.165) is 43.2 Å². The van der Waals surface area contributed by atoms with Crippen molar-refractivity contribution in [3.05, 3.63) is 42.7 Å². The summed E-state index contributed by atoms with van der Waals surface area (Å²) in [4.78, 5) is 7.02. The van der Waals surface area contributed by atoms with E-state index in [-0.39, 0.29) is 0 Å². The largest absolute Gasteiger partial charge is 0.378 e. The zero-order valence-corrected chi connectivity index (χ0v) is 11.1. The van der Waals surface area contributed by atoms with Crippen molar-refractivity contribution in [3.63, 3.8) is 0 Å². The van der Waals surface area contributed by atoms with Gasteiger partial charge in [0.25, 0.3) is 5.82 Å². The average Bonchev–Trinajstić information content (AvgIpc) is 2.55. The van der Waals surface area contributed by atoms with Crippen LogP contribution in [0.4, 0.5) is 5.82 Å². The molecule has 5 heteroatoms. The average molecular weight is 267 g/mol. The summed E-state index contributed by atoms with van der Waals surface area (Å²) in [6.07, 6.45) is 3.78. The van der Waals surface area contributed by atoms with Gasteiger partial charge in [0, 0.05) is 13.1 Å². The number of rotatable bonds is 1. The number of hydrogen-bond acceptors (Lipinski definition) is 4. The Kier molecular flexibility index (Phi) is 2.70. The van der Waals surface area contributed by atoms with Crippen molar-refractivity contribution < 1.29 is 9.25 Å². The molecule has 0 N–H and O–H groups in total. The van der Waals surface area contributed by atoms with E-state index in [1.807, 2.05) is 29.0 Å². The molecular weight excluding hydrogens is 252 g/mol. The van der Waals surface area contributed by atoms with E-state index in [1.54, 1.807) is 0 Å². The van der Waals surface area contributed by atoms with Crippen LogP contribution in [0.3, 0.4) is 0 Å². The molecule has 1 aliphatic rings. The highest BCUT2D eigenvalue weighted by Crippen LogP contribution is 2.17. The lowest BCUT2D eigenvalue weighted by Gasteiger charge is -2.24. The summed E-state index contributed by atoms with van der Waals surface area (Å²) in [6, 6.07) is 10.3. The fraction of sp³-hybridized carbons (Fsp3) is 0.267. The van der Waals surface area contributed by atoms with Crippen LogP contribution >= 0.6 is 0 Å². The molecule has 3 heterocycles. The van der Waals surface area contributed by atoms with E-state index in [2.05, 4.69) is 28.2 Å². The van der Waals surface area contributed by atoms with Crippen molar-refractivity contribution in [2.45, 2.75) is 0 Å². The Morgan fingerprint density at radius 1 is 1.10 bits per heavy atom. The molecule has 5 nitrogen and oxygen atoms in total. The number of aromatic nitrogens is 3. The normalized spacial score (nSPS) is 15.9. The maximum Gasteiger partial charge on any atom is 0.358 e. The van der Waals surface area contributed by atoms with Crippen molar-refractivity contribution in [3.8, 4) is 0 Å². The molecule has 0 amide bonds. The highest BCUT2D eigenvalue weighted by Gasteiger charge is 2.19. The van der Waals surface area contributed by atoms with Crippen LogP contribution in [0.5, 0.6) is 0 Å². The fourth-order valence-electron chi connectivity index (χ4n) is 2.59. The molecule has 0 bridgehead atoms. The van der Waals surface area contributed by atoms with Gasteiger partial charge in [-0.2, -0.15) is 0 Å². The molecule has 3 aromatic rings. The monoisotopic (exact) mass is 267 g/mol. The first-order valence-corrected chi connectivity index (χ1v) is 6.81. The molecule has 2 aromatic heterocycles. The Hall–Kier alpha value is -2.27. The Morgan fingerprint density at radius 3 is 2.85 bits per heavy atom. The van der Waals surface area contributed by atoms with Crippen LogP contribution in [0, 0.1) is 0 Å². The second-order valence-corrected chi connectivity index (χ2v) is 4.89. The first-order valence-electron chi connectivity index (χ1n) is 6.81. The number of benzene rings is 1. The number of ether oxygens (including phenoxy) is 1. The minimum absolute atomic E-state index is 0.752. The maximum absolute atomic E-state index is 5.38. The van der Waals surface area contributed by atoms with Gasteiger partial charge in [-0.1, -0.05) is 23.3 Å². The van der Waals surface area contributed by atoms with Gasteiger partial charge >= 0.3 is 5.65 Å². The summed E-state index contributed by atoms with van der Waals surface area (Å²) in [5.41, 5.74) is 0.895. The van der Waals surface area contributed by atoms with Crippen molar-refractivity contribution in [2.24, 2.45) is 0 Å². The van der Waals surface area contributed by atoms with Gasteiger partial charge in [-0.25, -0.2) is 0 Å². The molecule has 0 atom stereocenters. The molecule has 1 aromatic carbocycles. The van der Waals surface area contributed by atoms with Crippen LogP contribution in [0.2, 0.25) is 0 Å². The van der Waals surface area contributed by atoms with E-state index in [4.69, 9.17) is 9.72 Å². The summed E-state index contributed by atoms with van der Waals surface area (Å²) in [5, 5.41) is 6.78. The molecule has 1 aliphatic heterocycles. The predicted octanol–water partition coefficient (Wildman–Crippen LogP) is 1.21. The van der Waals surface area contributed by atoms with Gasteiger partial charge in [0.1, 0.15) is 12.4 Å². The van der Waals surface area contributed by atoms with Crippen LogP contribution in [0.25, 0.3) is 16.4 Å². The zero-order valence-electron chi connectivity index (χ0n) is 11.1. The van der Waals surface area contributed by atoms with E-state index in [9.17, 15) is 0 Å². The smallest absolute Gasteiger partial charge is 0.358 e. The van der Waals surface area contributed by atoms with Gasteiger partial charge in [0.15, 0.2) is 0 Å². The van der Waals surface area contributed by atoms with Gasteiger partial charge in [0.05, 0.1) is 18.6 Å². The third-order valence-corrected chi connectivity index (χ3v) is 3.67. The predicted molar refractivity (Wildman–Crippen MR) is 75.7 cm³/mol. The van der Waals surface area contributed by atoms with Crippen LogP contribution in [0.15, 0.2) is 42.7 Å². The number of anilines is 1. The van der Waals surface area contributed by atoms with E-state index in [1.165, 1.54) is 5.39 Å². The van der Waals surface area contributed by atoms with Gasteiger partial charge < -0.3 is 9.64 Å². The molecule has 0 saturated carbocycles. The number of hydrogen-bond donors (Lipinski definition) is 0. The summed E-state index contributed by atoms with van der Waals surface area (Å²) in [5.74, 6) is 0.921. The van der Waals surface area contributed by atoms with Gasteiger partial charge in [-0.05, 0) is 22.5 Å². The molecule has 20 heavy (non-hydrogen) atoms. The molecule has 100 valence electrons. The molecule has 1 saturated heterocycles. The molecule has 0 radical (unpaired) electrons. The molecule has 0 unspecified atom stereocenters. The third kappa shape index (κ3) is 1.87. The van der Waals surface area contributed by atoms with Gasteiger partial charge in [0.2, 0.25) is 0 Å². The first kappa shape index (κ1) is 11.5. The Balaban J connectivity index is 1.90. The van der Waals surface area contributed by atoms with Crippen molar-refractivity contribution >= 4 is 22.2 Å². The standard InChI is InChI=1S/C15H15N4O/c1-2-4-13-12(3-1)5-6-19-15(13)17-14(11-16-19)18-7-9-20-10-8-18/h1-6,11H,7-10H2/q+1. The lowest BCUT2D eigenvalue weighted by Crippen LogP contribution is -2.38. The third-order valence-electron chi connectivity index (χ3n) is 3.67. The van der Waals surface area contributed by atoms with E-state index in [0.29, 0.717) is 0 Å². The molecular formula is C15H15N4O+. The van der Waals surface area contributed by atoms with Crippen LogP contribution in [-0.4, -0.2) is 36.4 Å². The minimum Gasteiger partial charge on any atom is -0.378 e. The summed E-state index contributed by atoms with van der Waals surface area (Å²) >= 11 is 0. The number of fused-ring (bicyclic) bond motifs is 3. The second-order valence-electron chi connectivity index (χ2n) is 4.89. The van der Waals surface area contributed by atoms with Crippen LogP contribution < -0.4 is 9.42 Å². The Labute approximate surface area is 116 Å². The SMILES string of the molecule is c1ccc2c(c1)cc[n+]1ncc(N3CCOCC3)nc21. The first-order chi connectivity index (χ1) is 9.92. The second kappa shape index (κ2) is 4.68. The summed E-state index contributed by atoms with van der Waals surface area (Å²) in [7, 11) is 0. The van der Waals surface area contributed by atoms with Gasteiger partial charge in [-0.15, -0.1) is 4.52 Å². The number of pyridine rings is 1. The minimum atomic E-state index is 0.752. The number of nitrogens with zero attached hydrogens (tertiary/aromatic N) is 4. The highest BCUT2D eigenvalue weighted by molar-refractivity contribution is 5.91. The Bertz CT molecular complexity index is 768. The van der Waals surface area contributed by atoms with Crippen molar-refractivity contribution in [1.29, 1.82) is 0 Å². The Morgan fingerprint density at radius 2 is 1.95 bits per heavy atom.